The highest BCUT2D eigenvalue weighted by atomic mass is 15.1. The fourth-order valence-corrected chi connectivity index (χ4v) is 1.82. The number of likely N-dealkylation sites (tertiary alicyclic amines) is 1. The van der Waals surface area contributed by atoms with Gasteiger partial charge in [0.05, 0.1) is 0 Å². The van der Waals surface area contributed by atoms with E-state index in [9.17, 15) is 0 Å². The van der Waals surface area contributed by atoms with E-state index in [0.29, 0.717) is 6.04 Å². The van der Waals surface area contributed by atoms with Gasteiger partial charge in [0.2, 0.25) is 0 Å². The predicted octanol–water partition coefficient (Wildman–Crippen LogP) is 0.508. The second-order valence-electron chi connectivity index (χ2n) is 3.54. The summed E-state index contributed by atoms with van der Waals surface area (Å²) < 4.78 is 0. The lowest BCUT2D eigenvalue weighted by molar-refractivity contribution is 0.305. The van der Waals surface area contributed by atoms with Crippen molar-refractivity contribution in [1.82, 2.24) is 19.9 Å². The van der Waals surface area contributed by atoms with Crippen LogP contribution < -0.4 is 0 Å². The molecule has 13 heavy (non-hydrogen) atoms. The summed E-state index contributed by atoms with van der Waals surface area (Å²) in [5.74, 6) is 0.911. The third kappa shape index (κ3) is 2.01. The number of nitrogens with zero attached hydrogens (tertiary/aromatic N) is 4. The van der Waals surface area contributed by atoms with E-state index in [1.807, 2.05) is 0 Å². The smallest absolute Gasteiger partial charge is 0.133 e. The summed E-state index contributed by atoms with van der Waals surface area (Å²) in [6.45, 7) is 1.20. The van der Waals surface area contributed by atoms with Gasteiger partial charge in [-0.25, -0.2) is 15.0 Å². The van der Waals surface area contributed by atoms with Gasteiger partial charge in [-0.05, 0) is 26.4 Å². The highest BCUT2D eigenvalue weighted by Gasteiger charge is 2.21. The van der Waals surface area contributed by atoms with Gasteiger partial charge < -0.3 is 4.90 Å². The van der Waals surface area contributed by atoms with Gasteiger partial charge in [-0.2, -0.15) is 0 Å². The maximum atomic E-state index is 4.13. The van der Waals surface area contributed by atoms with E-state index in [1.54, 1.807) is 12.7 Å². The monoisotopic (exact) mass is 178 g/mol. The molecule has 1 fully saturated rings. The van der Waals surface area contributed by atoms with E-state index >= 15 is 0 Å². The quantitative estimate of drug-likeness (QED) is 0.661. The van der Waals surface area contributed by atoms with Gasteiger partial charge in [-0.1, -0.05) is 0 Å². The van der Waals surface area contributed by atoms with Crippen LogP contribution in [-0.4, -0.2) is 39.5 Å². The maximum Gasteiger partial charge on any atom is 0.133 e. The lowest BCUT2D eigenvalue weighted by Crippen LogP contribution is -2.27. The molecule has 0 bridgehead atoms. The first-order chi connectivity index (χ1) is 6.36. The average molecular weight is 178 g/mol. The van der Waals surface area contributed by atoms with Crippen molar-refractivity contribution >= 4 is 0 Å². The zero-order valence-electron chi connectivity index (χ0n) is 7.85. The Hall–Kier alpha value is -1.03. The van der Waals surface area contributed by atoms with Crippen LogP contribution in [0.15, 0.2) is 12.7 Å². The molecule has 1 aromatic heterocycles. The minimum atomic E-state index is 0.627. The van der Waals surface area contributed by atoms with Gasteiger partial charge in [-0.15, -0.1) is 0 Å². The van der Waals surface area contributed by atoms with Crippen molar-refractivity contribution in [2.24, 2.45) is 0 Å². The molecule has 0 spiro atoms. The summed E-state index contributed by atoms with van der Waals surface area (Å²) in [6.07, 6.45) is 6.65. The van der Waals surface area contributed by atoms with Crippen LogP contribution in [0.25, 0.3) is 0 Å². The molecule has 0 aliphatic carbocycles. The number of likely N-dealkylation sites (N-methyl/N-ethyl adjacent to an activating group) is 1. The van der Waals surface area contributed by atoms with Crippen molar-refractivity contribution in [2.75, 3.05) is 13.6 Å². The zero-order valence-corrected chi connectivity index (χ0v) is 7.85. The van der Waals surface area contributed by atoms with Crippen LogP contribution in [0.1, 0.15) is 18.7 Å². The minimum Gasteiger partial charge on any atom is -0.303 e. The second-order valence-corrected chi connectivity index (χ2v) is 3.54. The molecule has 1 saturated heterocycles. The number of aromatic nitrogens is 3. The van der Waals surface area contributed by atoms with Gasteiger partial charge in [-0.3, -0.25) is 0 Å². The molecule has 1 aromatic rings. The number of hydrogen-bond acceptors (Lipinski definition) is 4. The fraction of sp³-hybridized carbons (Fsp3) is 0.667. The standard InChI is InChI=1S/C9H14N4/c1-13-4-2-3-8(13)5-9-11-6-10-7-12-9/h6-8H,2-5H2,1H3. The SMILES string of the molecule is CN1CCCC1Cc1ncncn1. The largest absolute Gasteiger partial charge is 0.303 e. The van der Waals surface area contributed by atoms with E-state index in [-0.39, 0.29) is 0 Å². The molecule has 2 heterocycles. The molecule has 1 aliphatic heterocycles. The summed E-state index contributed by atoms with van der Waals surface area (Å²) in [4.78, 5) is 14.4. The Kier molecular flexibility index (Phi) is 2.49. The van der Waals surface area contributed by atoms with Crippen molar-refractivity contribution in [3.05, 3.63) is 18.5 Å². The van der Waals surface area contributed by atoms with Crippen molar-refractivity contribution in [1.29, 1.82) is 0 Å². The van der Waals surface area contributed by atoms with Crippen molar-refractivity contribution in [2.45, 2.75) is 25.3 Å². The van der Waals surface area contributed by atoms with Gasteiger partial charge in [0, 0.05) is 12.5 Å². The molecule has 2 rings (SSSR count). The molecule has 70 valence electrons. The summed E-state index contributed by atoms with van der Waals surface area (Å²) in [6, 6.07) is 0.627. The zero-order chi connectivity index (χ0) is 9.10. The fourth-order valence-electron chi connectivity index (χ4n) is 1.82. The lowest BCUT2D eigenvalue weighted by atomic mass is 10.1. The Balaban J connectivity index is 1.98. The molecule has 1 aliphatic rings. The molecule has 4 nitrogen and oxygen atoms in total. The van der Waals surface area contributed by atoms with Crippen LogP contribution >= 0.6 is 0 Å². The number of rotatable bonds is 2. The van der Waals surface area contributed by atoms with Crippen molar-refractivity contribution < 1.29 is 0 Å². The normalized spacial score (nSPS) is 23.6. The Morgan fingerprint density at radius 1 is 1.46 bits per heavy atom. The maximum absolute atomic E-state index is 4.13. The van der Waals surface area contributed by atoms with Crippen LogP contribution in [0, 0.1) is 0 Å². The van der Waals surface area contributed by atoms with Crippen LogP contribution in [0.4, 0.5) is 0 Å². The van der Waals surface area contributed by atoms with E-state index in [0.717, 1.165) is 12.2 Å². The highest BCUT2D eigenvalue weighted by molar-refractivity contribution is 4.90. The van der Waals surface area contributed by atoms with Crippen LogP contribution in [0.2, 0.25) is 0 Å². The van der Waals surface area contributed by atoms with Crippen molar-refractivity contribution in [3.63, 3.8) is 0 Å². The molecule has 1 atom stereocenters. The Morgan fingerprint density at radius 3 is 2.85 bits per heavy atom. The molecule has 1 unspecified atom stereocenters. The summed E-state index contributed by atoms with van der Waals surface area (Å²) in [5.41, 5.74) is 0. The first kappa shape index (κ1) is 8.56. The lowest BCUT2D eigenvalue weighted by Gasteiger charge is -2.17. The molecular weight excluding hydrogens is 164 g/mol. The Morgan fingerprint density at radius 2 is 2.23 bits per heavy atom. The van der Waals surface area contributed by atoms with E-state index < -0.39 is 0 Å². The van der Waals surface area contributed by atoms with Gasteiger partial charge in [0.25, 0.3) is 0 Å². The van der Waals surface area contributed by atoms with Crippen LogP contribution in [0.5, 0.6) is 0 Å². The minimum absolute atomic E-state index is 0.627. The summed E-state index contributed by atoms with van der Waals surface area (Å²) >= 11 is 0. The van der Waals surface area contributed by atoms with E-state index in [4.69, 9.17) is 0 Å². The summed E-state index contributed by atoms with van der Waals surface area (Å²) in [5, 5.41) is 0. The van der Waals surface area contributed by atoms with E-state index in [1.165, 1.54) is 19.4 Å². The molecule has 0 saturated carbocycles. The van der Waals surface area contributed by atoms with Gasteiger partial charge in [0.1, 0.15) is 18.5 Å². The number of hydrogen-bond donors (Lipinski definition) is 0. The highest BCUT2D eigenvalue weighted by Crippen LogP contribution is 2.17. The first-order valence-corrected chi connectivity index (χ1v) is 4.67. The third-order valence-corrected chi connectivity index (χ3v) is 2.64. The molecular formula is C9H14N4. The van der Waals surface area contributed by atoms with E-state index in [2.05, 4.69) is 26.9 Å². The topological polar surface area (TPSA) is 41.9 Å². The van der Waals surface area contributed by atoms with Gasteiger partial charge in [0.15, 0.2) is 0 Å². The summed E-state index contributed by atoms with van der Waals surface area (Å²) in [7, 11) is 2.17. The first-order valence-electron chi connectivity index (χ1n) is 4.67. The van der Waals surface area contributed by atoms with Crippen LogP contribution in [-0.2, 0) is 6.42 Å². The predicted molar refractivity (Wildman–Crippen MR) is 49.2 cm³/mol. The second kappa shape index (κ2) is 3.79. The Labute approximate surface area is 78.0 Å². The molecule has 0 amide bonds. The van der Waals surface area contributed by atoms with Gasteiger partial charge >= 0.3 is 0 Å². The van der Waals surface area contributed by atoms with Crippen molar-refractivity contribution in [3.8, 4) is 0 Å². The average Bonchev–Trinajstić information content (AvgIpc) is 2.54. The third-order valence-electron chi connectivity index (χ3n) is 2.64. The molecule has 0 aromatic carbocycles. The molecule has 0 N–H and O–H groups in total. The van der Waals surface area contributed by atoms with Crippen LogP contribution in [0.3, 0.4) is 0 Å². The molecule has 4 heteroatoms. The molecule has 0 radical (unpaired) electrons. The Bertz CT molecular complexity index is 262.